The highest BCUT2D eigenvalue weighted by Crippen LogP contribution is 2.41. The number of benzene rings is 1. The van der Waals surface area contributed by atoms with E-state index < -0.39 is 0 Å². The van der Waals surface area contributed by atoms with Crippen molar-refractivity contribution in [3.05, 3.63) is 42.1 Å². The third kappa shape index (κ3) is 4.75. The van der Waals surface area contributed by atoms with Crippen molar-refractivity contribution in [3.63, 3.8) is 0 Å². The molecule has 0 unspecified atom stereocenters. The lowest BCUT2D eigenvalue weighted by atomic mass is 9.95. The molecule has 0 bridgehead atoms. The normalized spacial score (nSPS) is 16.7. The minimum absolute atomic E-state index is 0.129. The summed E-state index contributed by atoms with van der Waals surface area (Å²) in [4.78, 5) is 21.2. The molecule has 0 aliphatic carbocycles. The predicted molar refractivity (Wildman–Crippen MR) is 121 cm³/mol. The molecule has 0 radical (unpaired) electrons. The van der Waals surface area contributed by atoms with Crippen LogP contribution in [0.3, 0.4) is 0 Å². The van der Waals surface area contributed by atoms with Crippen LogP contribution in [-0.4, -0.2) is 49.4 Å². The second-order valence-corrected chi connectivity index (χ2v) is 8.78. The van der Waals surface area contributed by atoms with E-state index in [1.165, 1.54) is 21.8 Å². The quantitative estimate of drug-likeness (QED) is 0.686. The third-order valence-electron chi connectivity index (χ3n) is 5.74. The predicted octanol–water partition coefficient (Wildman–Crippen LogP) is 3.34. The number of hydrogen-bond acceptors (Lipinski definition) is 5. The van der Waals surface area contributed by atoms with E-state index in [4.69, 9.17) is 4.98 Å². The van der Waals surface area contributed by atoms with Gasteiger partial charge in [0.25, 0.3) is 0 Å². The van der Waals surface area contributed by atoms with Crippen molar-refractivity contribution in [2.75, 3.05) is 43.4 Å². The van der Waals surface area contributed by atoms with E-state index in [9.17, 15) is 4.79 Å². The monoisotopic (exact) mass is 410 g/mol. The number of rotatable bonds is 7. The Morgan fingerprint density at radius 1 is 1.21 bits per heavy atom. The van der Waals surface area contributed by atoms with Crippen LogP contribution >= 0.6 is 11.8 Å². The average Bonchev–Trinajstić information content (AvgIpc) is 3.25. The van der Waals surface area contributed by atoms with Gasteiger partial charge < -0.3 is 15.5 Å². The van der Waals surface area contributed by atoms with E-state index in [0.717, 1.165) is 56.9 Å². The Bertz CT molecular complexity index is 834. The number of piperidine rings is 1. The molecule has 1 saturated heterocycles. The first-order valence-corrected chi connectivity index (χ1v) is 11.7. The molecule has 1 amide bonds. The summed E-state index contributed by atoms with van der Waals surface area (Å²) in [5.74, 6) is 1.45. The van der Waals surface area contributed by atoms with Gasteiger partial charge in [-0.2, -0.15) is 0 Å². The van der Waals surface area contributed by atoms with Gasteiger partial charge in [-0.3, -0.25) is 9.78 Å². The molecule has 2 aliphatic heterocycles. The fourth-order valence-electron chi connectivity index (χ4n) is 4.12. The lowest BCUT2D eigenvalue weighted by Gasteiger charge is -2.34. The molecule has 2 aromatic rings. The van der Waals surface area contributed by atoms with Crippen LogP contribution in [-0.2, 0) is 11.2 Å². The highest BCUT2D eigenvalue weighted by atomic mass is 32.2. The fraction of sp³-hybridized carbons (Fsp3) is 0.478. The second kappa shape index (κ2) is 9.63. The number of fused-ring (bicyclic) bond motifs is 1. The molecule has 2 N–H and O–H groups in total. The number of carbonyl (C=O) groups is 1. The molecule has 3 heterocycles. The topological polar surface area (TPSA) is 57.3 Å². The summed E-state index contributed by atoms with van der Waals surface area (Å²) in [6.07, 6.45) is 2.86. The maximum Gasteiger partial charge on any atom is 0.223 e. The Kier molecular flexibility index (Phi) is 6.72. The van der Waals surface area contributed by atoms with E-state index >= 15 is 0 Å². The molecule has 154 valence electrons. The van der Waals surface area contributed by atoms with E-state index in [-0.39, 0.29) is 11.8 Å². The molecule has 1 aromatic carbocycles. The lowest BCUT2D eigenvalue weighted by molar-refractivity contribution is -0.125. The Hall–Kier alpha value is -2.05. The van der Waals surface area contributed by atoms with Crippen LogP contribution in [0.25, 0.3) is 11.3 Å². The van der Waals surface area contributed by atoms with Gasteiger partial charge in [0.15, 0.2) is 0 Å². The molecule has 29 heavy (non-hydrogen) atoms. The van der Waals surface area contributed by atoms with Crippen LogP contribution in [0.1, 0.15) is 25.5 Å². The number of pyridine rings is 1. The zero-order valence-electron chi connectivity index (χ0n) is 17.1. The van der Waals surface area contributed by atoms with Crippen LogP contribution in [0.4, 0.5) is 5.69 Å². The molecule has 1 fully saturated rings. The smallest absolute Gasteiger partial charge is 0.223 e. The van der Waals surface area contributed by atoms with E-state index in [2.05, 4.69) is 52.8 Å². The van der Waals surface area contributed by atoms with Gasteiger partial charge in [-0.25, -0.2) is 0 Å². The molecule has 5 nitrogen and oxygen atoms in total. The number of likely N-dealkylation sites (N-methyl/N-ethyl adjacent to an activating group) is 1. The molecular weight excluding hydrogens is 380 g/mol. The van der Waals surface area contributed by atoms with Gasteiger partial charge in [-0.05, 0) is 25.5 Å². The summed E-state index contributed by atoms with van der Waals surface area (Å²) in [5, 5.41) is 6.33. The van der Waals surface area contributed by atoms with Crippen molar-refractivity contribution < 1.29 is 4.79 Å². The summed E-state index contributed by atoms with van der Waals surface area (Å²) >= 11 is 1.92. The zero-order valence-corrected chi connectivity index (χ0v) is 17.9. The average molecular weight is 411 g/mol. The van der Waals surface area contributed by atoms with Crippen molar-refractivity contribution in [1.82, 2.24) is 15.6 Å². The van der Waals surface area contributed by atoms with Gasteiger partial charge in [-0.1, -0.05) is 37.3 Å². The van der Waals surface area contributed by atoms with Crippen LogP contribution in [0.5, 0.6) is 0 Å². The summed E-state index contributed by atoms with van der Waals surface area (Å²) in [6.45, 7) is 6.42. The minimum atomic E-state index is 0.129. The highest BCUT2D eigenvalue weighted by Gasteiger charge is 2.28. The van der Waals surface area contributed by atoms with Crippen LogP contribution in [0.15, 0.2) is 41.3 Å². The van der Waals surface area contributed by atoms with Crippen LogP contribution in [0, 0.1) is 5.92 Å². The number of thioether (sulfide) groups is 1. The van der Waals surface area contributed by atoms with Crippen molar-refractivity contribution in [2.24, 2.45) is 5.92 Å². The first-order valence-electron chi connectivity index (χ1n) is 10.7. The summed E-state index contributed by atoms with van der Waals surface area (Å²) in [7, 11) is 0. The number of anilines is 1. The number of amides is 1. The number of hydrogen-bond donors (Lipinski definition) is 2. The van der Waals surface area contributed by atoms with Gasteiger partial charge >= 0.3 is 0 Å². The van der Waals surface area contributed by atoms with Gasteiger partial charge in [0, 0.05) is 49.8 Å². The number of nitrogens with one attached hydrogen (secondary N) is 2. The summed E-state index contributed by atoms with van der Waals surface area (Å²) in [6, 6.07) is 12.7. The molecule has 0 saturated carbocycles. The maximum atomic E-state index is 12.5. The first kappa shape index (κ1) is 20.2. The molecule has 0 spiro atoms. The van der Waals surface area contributed by atoms with Gasteiger partial charge in [0.05, 0.1) is 22.0 Å². The second-order valence-electron chi connectivity index (χ2n) is 7.67. The minimum Gasteiger partial charge on any atom is -0.370 e. The van der Waals surface area contributed by atoms with Crippen molar-refractivity contribution >= 4 is 23.4 Å². The Balaban J connectivity index is 1.44. The number of aromatic nitrogens is 1. The number of aryl methyl sites for hydroxylation is 1. The van der Waals surface area contributed by atoms with Crippen molar-refractivity contribution in [1.29, 1.82) is 0 Å². The summed E-state index contributed by atoms with van der Waals surface area (Å²) < 4.78 is 0. The Morgan fingerprint density at radius 2 is 2.00 bits per heavy atom. The third-order valence-corrected chi connectivity index (χ3v) is 6.88. The van der Waals surface area contributed by atoms with Gasteiger partial charge in [0.1, 0.15) is 0 Å². The number of carbonyl (C=O) groups excluding carboxylic acids is 1. The van der Waals surface area contributed by atoms with Crippen molar-refractivity contribution in [2.45, 2.75) is 31.1 Å². The molecule has 6 heteroatoms. The molecule has 4 rings (SSSR count). The van der Waals surface area contributed by atoms with Gasteiger partial charge in [-0.15, -0.1) is 11.8 Å². The van der Waals surface area contributed by atoms with Gasteiger partial charge in [0.2, 0.25) is 5.91 Å². The first-order chi connectivity index (χ1) is 14.3. The Morgan fingerprint density at radius 3 is 2.76 bits per heavy atom. The molecular formula is C23H30N4OS. The number of nitrogens with zero attached hydrogens (tertiary/aromatic N) is 2. The molecule has 2 aliphatic rings. The molecule has 1 aromatic heterocycles. The summed E-state index contributed by atoms with van der Waals surface area (Å²) in [5.41, 5.74) is 4.77. The highest BCUT2D eigenvalue weighted by molar-refractivity contribution is 7.99. The van der Waals surface area contributed by atoms with Crippen molar-refractivity contribution in [3.8, 4) is 11.3 Å². The largest absolute Gasteiger partial charge is 0.370 e. The van der Waals surface area contributed by atoms with Crippen LogP contribution < -0.4 is 15.5 Å². The van der Waals surface area contributed by atoms with E-state index in [0.29, 0.717) is 6.54 Å². The Labute approximate surface area is 177 Å². The standard InChI is InChI=1S/C23H30N4OS/c1-2-24-11-12-25-23(28)18-8-13-27(14-9-18)21-16-20(17-6-4-3-5-7-17)26-19-10-15-29-22(19)21/h3-7,16,18,24H,2,8-15H2,1H3,(H,25,28). The molecule has 0 atom stereocenters. The van der Waals surface area contributed by atoms with E-state index in [1.807, 2.05) is 17.8 Å². The fourth-order valence-corrected chi connectivity index (χ4v) is 5.27. The lowest BCUT2D eigenvalue weighted by Crippen LogP contribution is -2.42. The maximum absolute atomic E-state index is 12.5. The SMILES string of the molecule is CCNCCNC(=O)C1CCN(c2cc(-c3ccccc3)nc3c2SCC3)CC1. The van der Waals surface area contributed by atoms with E-state index in [1.54, 1.807) is 0 Å². The zero-order chi connectivity index (χ0) is 20.1. The van der Waals surface area contributed by atoms with Crippen LogP contribution in [0.2, 0.25) is 0 Å².